The lowest BCUT2D eigenvalue weighted by Gasteiger charge is -2.17. The van der Waals surface area contributed by atoms with E-state index in [0.29, 0.717) is 5.92 Å². The van der Waals surface area contributed by atoms with E-state index in [0.717, 1.165) is 0 Å². The van der Waals surface area contributed by atoms with Crippen LogP contribution in [0.2, 0.25) is 0 Å². The van der Waals surface area contributed by atoms with Crippen molar-refractivity contribution in [2.45, 2.75) is 18.8 Å². The van der Waals surface area contributed by atoms with Crippen molar-refractivity contribution in [3.05, 3.63) is 266 Å². The summed E-state index contributed by atoms with van der Waals surface area (Å²) in [5.74, 6) is 0.708. The summed E-state index contributed by atoms with van der Waals surface area (Å²) in [7, 11) is 0. The molecule has 15 aromatic carbocycles. The molecule has 0 bridgehead atoms. The van der Waals surface area contributed by atoms with Crippen molar-refractivity contribution >= 4 is 108 Å². The smallest absolute Gasteiger partial charge is 0.00264 e. The molecule has 0 atom stereocenters. The van der Waals surface area contributed by atoms with Crippen LogP contribution >= 0.6 is 0 Å². The third-order valence-electron chi connectivity index (χ3n) is 15.9. The molecule has 0 N–H and O–H groups in total. The van der Waals surface area contributed by atoms with Gasteiger partial charge in [0.1, 0.15) is 0 Å². The molecule has 0 spiro atoms. The Morgan fingerprint density at radius 2 is 0.562 bits per heavy atom. The number of rotatable bonds is 4. The van der Waals surface area contributed by atoms with E-state index in [9.17, 15) is 0 Å². The molecule has 1 aliphatic carbocycles. The average Bonchev–Trinajstić information content (AvgIpc) is 4.30. The van der Waals surface area contributed by atoms with E-state index < -0.39 is 0 Å². The van der Waals surface area contributed by atoms with E-state index in [-0.39, 0.29) is 0 Å². The first-order chi connectivity index (χ1) is 36.2. The summed E-state index contributed by atoms with van der Waals surface area (Å²) >= 11 is 0. The minimum absolute atomic E-state index is 0.708. The number of fused-ring (bicyclic) bond motifs is 12. The van der Waals surface area contributed by atoms with Crippen LogP contribution in [0.4, 0.5) is 0 Å². The summed E-state index contributed by atoms with van der Waals surface area (Å²) in [6, 6.07) is 96.4. The minimum atomic E-state index is 0.708. The fourth-order valence-corrected chi connectivity index (χ4v) is 12.5. The lowest BCUT2D eigenvalue weighted by Crippen LogP contribution is -1.90. The molecule has 0 amide bonds. The van der Waals surface area contributed by atoms with Crippen LogP contribution in [0.15, 0.2) is 261 Å². The summed E-state index contributed by atoms with van der Waals surface area (Å²) in [6.07, 6.45) is 2.62. The first-order valence-corrected chi connectivity index (χ1v) is 25.8. The van der Waals surface area contributed by atoms with Crippen LogP contribution in [0.25, 0.3) is 141 Å². The molecule has 0 unspecified atom stereocenters. The Labute approximate surface area is 424 Å². The Kier molecular flexibility index (Phi) is 9.57. The third-order valence-corrected chi connectivity index (χ3v) is 15.9. The molecule has 73 heavy (non-hydrogen) atoms. The largest absolute Gasteiger partial charge is 0.0622 e. The van der Waals surface area contributed by atoms with Gasteiger partial charge in [-0.15, -0.1) is 0 Å². The van der Waals surface area contributed by atoms with Crippen LogP contribution < -0.4 is 0 Å². The van der Waals surface area contributed by atoms with Crippen LogP contribution in [0, 0.1) is 0 Å². The molecule has 340 valence electrons. The van der Waals surface area contributed by atoms with Gasteiger partial charge in [-0.05, 0) is 202 Å². The summed E-state index contributed by atoms with van der Waals surface area (Å²) in [5.41, 5.74) is 9.30. The third kappa shape index (κ3) is 6.90. The Balaban J connectivity index is 0.000000130. The van der Waals surface area contributed by atoms with Crippen molar-refractivity contribution < 1.29 is 0 Å². The predicted octanol–water partition coefficient (Wildman–Crippen LogP) is 20.8. The quantitative estimate of drug-likeness (QED) is 0.122. The number of benzene rings is 15. The normalized spacial score (nSPS) is 12.8. The molecule has 1 aliphatic rings. The monoisotopic (exact) mass is 924 g/mol. The summed E-state index contributed by atoms with van der Waals surface area (Å²) in [6.45, 7) is 0. The van der Waals surface area contributed by atoms with Gasteiger partial charge >= 0.3 is 0 Å². The fraction of sp³-hybridized carbons (Fsp3) is 0.0411. The van der Waals surface area contributed by atoms with Crippen LogP contribution in [-0.2, 0) is 0 Å². The first kappa shape index (κ1) is 41.7. The second-order valence-corrected chi connectivity index (χ2v) is 20.2. The van der Waals surface area contributed by atoms with Gasteiger partial charge in [0.2, 0.25) is 0 Å². The summed E-state index contributed by atoms with van der Waals surface area (Å²) < 4.78 is 0. The maximum Gasteiger partial charge on any atom is -0.00264 e. The summed E-state index contributed by atoms with van der Waals surface area (Å²) in [5, 5.41) is 26.3. The van der Waals surface area contributed by atoms with Gasteiger partial charge in [0.25, 0.3) is 0 Å². The lowest BCUT2D eigenvalue weighted by atomic mass is 9.87. The molecule has 0 nitrogen and oxygen atoms in total. The Morgan fingerprint density at radius 1 is 0.192 bits per heavy atom. The van der Waals surface area contributed by atoms with E-state index in [1.165, 1.54) is 154 Å². The van der Waals surface area contributed by atoms with Crippen molar-refractivity contribution in [2.75, 3.05) is 0 Å². The maximum atomic E-state index is 2.43. The van der Waals surface area contributed by atoms with Gasteiger partial charge in [-0.25, -0.2) is 0 Å². The highest BCUT2D eigenvalue weighted by atomic mass is 14.3. The highest BCUT2D eigenvalue weighted by molar-refractivity contribution is 6.23. The van der Waals surface area contributed by atoms with E-state index in [2.05, 4.69) is 261 Å². The molecule has 0 aromatic heterocycles. The zero-order chi connectivity index (χ0) is 48.0. The molecule has 0 radical (unpaired) electrons. The highest BCUT2D eigenvalue weighted by Crippen LogP contribution is 2.49. The second-order valence-electron chi connectivity index (χ2n) is 20.2. The molecular formula is C73H48. The molecule has 15 aromatic rings. The number of hydrogen-bond donors (Lipinski definition) is 0. The first-order valence-electron chi connectivity index (χ1n) is 25.8. The van der Waals surface area contributed by atoms with Crippen molar-refractivity contribution in [3.63, 3.8) is 0 Å². The van der Waals surface area contributed by atoms with Gasteiger partial charge in [0.05, 0.1) is 0 Å². The van der Waals surface area contributed by atoms with Gasteiger partial charge in [-0.1, -0.05) is 224 Å². The van der Waals surface area contributed by atoms with Gasteiger partial charge in [-0.3, -0.25) is 0 Å². The molecule has 1 fully saturated rings. The van der Waals surface area contributed by atoms with Crippen LogP contribution in [0.3, 0.4) is 0 Å². The van der Waals surface area contributed by atoms with Crippen LogP contribution in [-0.4, -0.2) is 0 Å². The predicted molar refractivity (Wildman–Crippen MR) is 316 cm³/mol. The van der Waals surface area contributed by atoms with Crippen molar-refractivity contribution in [1.29, 1.82) is 0 Å². The Bertz CT molecular complexity index is 4730. The fourth-order valence-electron chi connectivity index (χ4n) is 12.5. The van der Waals surface area contributed by atoms with Gasteiger partial charge < -0.3 is 0 Å². The van der Waals surface area contributed by atoms with Crippen molar-refractivity contribution in [2.24, 2.45) is 0 Å². The van der Waals surface area contributed by atoms with Crippen molar-refractivity contribution in [3.8, 4) is 33.4 Å². The average molecular weight is 925 g/mol. The molecule has 1 saturated carbocycles. The van der Waals surface area contributed by atoms with Gasteiger partial charge in [0.15, 0.2) is 0 Å². The standard InChI is InChI=1S/C38H24.C35H24/c1-2-11-26(12-3-1)37-32-16-8-5-13-27(32)22-29-18-19-30(24-35(29)37)38-33-17-9-6-14-28(33)23-36-31-15-7-4-10-25(31)20-21-34(36)38;1-4-10-28-22(7-1)15-18-32-33(28)21-25-9-3-6-12-30(25)35(32)26-16-17-31-27(20-26)19-24-8-2-5-11-29(24)34(31)23-13-14-23/h1-24H;1-12,15-21,23H,13-14H2. The van der Waals surface area contributed by atoms with E-state index in [4.69, 9.17) is 0 Å². The van der Waals surface area contributed by atoms with Crippen LogP contribution in [0.1, 0.15) is 24.3 Å². The SMILES string of the molecule is c1ccc(-c2c3ccccc3cc3ccc(-c4c5ccccc5cc5c4ccc4ccccc45)cc23)cc1.c1ccc2c(C3CC3)c3ccc(-c4c5ccccc5cc5c4ccc4ccccc45)cc3cc2c1. The summed E-state index contributed by atoms with van der Waals surface area (Å²) in [4.78, 5) is 0. The van der Waals surface area contributed by atoms with Crippen LogP contribution in [0.5, 0.6) is 0 Å². The van der Waals surface area contributed by atoms with Crippen molar-refractivity contribution in [1.82, 2.24) is 0 Å². The van der Waals surface area contributed by atoms with E-state index in [1.54, 1.807) is 5.56 Å². The van der Waals surface area contributed by atoms with Gasteiger partial charge in [-0.2, -0.15) is 0 Å². The minimum Gasteiger partial charge on any atom is -0.0622 e. The maximum absolute atomic E-state index is 2.43. The Morgan fingerprint density at radius 3 is 1.12 bits per heavy atom. The topological polar surface area (TPSA) is 0 Å². The molecule has 0 aliphatic heterocycles. The molecule has 16 rings (SSSR count). The zero-order valence-electron chi connectivity index (χ0n) is 40.3. The zero-order valence-corrected chi connectivity index (χ0v) is 40.3. The lowest BCUT2D eigenvalue weighted by molar-refractivity contribution is 1.17. The Hall–Kier alpha value is -9.10. The molecule has 0 heterocycles. The number of hydrogen-bond acceptors (Lipinski definition) is 0. The van der Waals surface area contributed by atoms with E-state index in [1.807, 2.05) is 0 Å². The highest BCUT2D eigenvalue weighted by Gasteiger charge is 2.28. The molecular weight excluding hydrogens is 877 g/mol. The van der Waals surface area contributed by atoms with E-state index >= 15 is 0 Å². The molecule has 0 heteroatoms. The van der Waals surface area contributed by atoms with Gasteiger partial charge in [0, 0.05) is 0 Å². The second kappa shape index (κ2) is 16.8. The molecule has 0 saturated heterocycles.